The van der Waals surface area contributed by atoms with Gasteiger partial charge < -0.3 is 4.98 Å². The summed E-state index contributed by atoms with van der Waals surface area (Å²) in [5.74, 6) is -2.42. The van der Waals surface area contributed by atoms with E-state index >= 15 is 0 Å². The molecule has 3 aromatic rings. The highest BCUT2D eigenvalue weighted by molar-refractivity contribution is 6.31. The molecule has 1 aromatic heterocycles. The molecule has 0 fully saturated rings. The van der Waals surface area contributed by atoms with Crippen LogP contribution in [0.3, 0.4) is 0 Å². The van der Waals surface area contributed by atoms with E-state index in [4.69, 9.17) is 11.6 Å². The third-order valence-electron chi connectivity index (χ3n) is 3.40. The number of aromatic nitrogens is 1. The lowest BCUT2D eigenvalue weighted by Gasteiger charge is -2.06. The summed E-state index contributed by atoms with van der Waals surface area (Å²) in [4.78, 5) is 15.4. The Bertz CT molecular complexity index is 870. The number of carbonyl (C=O) groups excluding carboxylic acids is 1. The van der Waals surface area contributed by atoms with Gasteiger partial charge in [-0.2, -0.15) is 0 Å². The van der Waals surface area contributed by atoms with Crippen LogP contribution in [-0.2, 0) is 0 Å². The van der Waals surface area contributed by atoms with E-state index in [0.29, 0.717) is 15.9 Å². The van der Waals surface area contributed by atoms with Crippen LogP contribution in [0.4, 0.5) is 8.78 Å². The zero-order valence-corrected chi connectivity index (χ0v) is 11.8. The van der Waals surface area contributed by atoms with Gasteiger partial charge in [0.05, 0.1) is 5.56 Å². The van der Waals surface area contributed by atoms with Crippen LogP contribution in [0.15, 0.2) is 36.5 Å². The molecule has 0 spiro atoms. The predicted molar refractivity (Wildman–Crippen MR) is 77.8 cm³/mol. The summed E-state index contributed by atoms with van der Waals surface area (Å²) in [7, 11) is 0. The number of aryl methyl sites for hydroxylation is 1. The van der Waals surface area contributed by atoms with Crippen LogP contribution >= 0.6 is 11.6 Å². The first-order chi connectivity index (χ1) is 9.99. The topological polar surface area (TPSA) is 32.9 Å². The van der Waals surface area contributed by atoms with E-state index < -0.39 is 23.0 Å². The molecular weight excluding hydrogens is 296 g/mol. The molecule has 3 rings (SSSR count). The van der Waals surface area contributed by atoms with Gasteiger partial charge in [-0.1, -0.05) is 17.7 Å². The maximum absolute atomic E-state index is 14.1. The van der Waals surface area contributed by atoms with Gasteiger partial charge in [-0.15, -0.1) is 0 Å². The number of carbonyl (C=O) groups is 1. The summed E-state index contributed by atoms with van der Waals surface area (Å²) in [6.07, 6.45) is 1.44. The van der Waals surface area contributed by atoms with Gasteiger partial charge in [0.25, 0.3) is 0 Å². The van der Waals surface area contributed by atoms with Crippen molar-refractivity contribution in [3.8, 4) is 0 Å². The number of fused-ring (bicyclic) bond motifs is 1. The fraction of sp³-hybridized carbons (Fsp3) is 0.0625. The van der Waals surface area contributed by atoms with Crippen molar-refractivity contribution in [3.05, 3.63) is 69.9 Å². The lowest BCUT2D eigenvalue weighted by Crippen LogP contribution is -2.08. The second kappa shape index (κ2) is 4.97. The highest BCUT2D eigenvalue weighted by atomic mass is 35.5. The molecule has 21 heavy (non-hydrogen) atoms. The third-order valence-corrected chi connectivity index (χ3v) is 3.63. The molecule has 0 aliphatic carbocycles. The van der Waals surface area contributed by atoms with E-state index in [0.717, 1.165) is 6.07 Å². The molecule has 106 valence electrons. The molecule has 2 aromatic carbocycles. The van der Waals surface area contributed by atoms with E-state index in [2.05, 4.69) is 4.98 Å². The summed E-state index contributed by atoms with van der Waals surface area (Å²) in [6, 6.07) is 7.35. The molecule has 0 atom stereocenters. The molecule has 0 aliphatic rings. The van der Waals surface area contributed by atoms with Crippen LogP contribution in [0.5, 0.6) is 0 Å². The van der Waals surface area contributed by atoms with Crippen molar-refractivity contribution in [1.29, 1.82) is 0 Å². The minimum atomic E-state index is -0.875. The molecule has 0 saturated carbocycles. The summed E-state index contributed by atoms with van der Waals surface area (Å²) < 4.78 is 27.9. The molecule has 1 heterocycles. The van der Waals surface area contributed by atoms with E-state index in [1.54, 1.807) is 18.2 Å². The molecule has 0 radical (unpaired) electrons. The van der Waals surface area contributed by atoms with Gasteiger partial charge in [0, 0.05) is 27.7 Å². The Balaban J connectivity index is 2.22. The van der Waals surface area contributed by atoms with E-state index in [-0.39, 0.29) is 11.1 Å². The number of H-pyrrole nitrogens is 1. The number of ketones is 1. The minimum absolute atomic E-state index is 0.191. The predicted octanol–water partition coefficient (Wildman–Crippen LogP) is 4.64. The highest BCUT2D eigenvalue weighted by Crippen LogP contribution is 2.27. The van der Waals surface area contributed by atoms with Crippen molar-refractivity contribution >= 4 is 28.3 Å². The summed E-state index contributed by atoms with van der Waals surface area (Å²) >= 11 is 5.91. The van der Waals surface area contributed by atoms with Crippen molar-refractivity contribution in [2.45, 2.75) is 6.92 Å². The molecule has 5 heteroatoms. The van der Waals surface area contributed by atoms with Crippen LogP contribution in [0.2, 0.25) is 5.02 Å². The third kappa shape index (κ3) is 2.21. The van der Waals surface area contributed by atoms with E-state index in [1.807, 2.05) is 0 Å². The van der Waals surface area contributed by atoms with Crippen molar-refractivity contribution in [1.82, 2.24) is 4.98 Å². The monoisotopic (exact) mass is 305 g/mol. The van der Waals surface area contributed by atoms with Crippen LogP contribution in [0, 0.1) is 18.6 Å². The zero-order valence-electron chi connectivity index (χ0n) is 11.0. The standard InChI is InChI=1S/C16H10ClF2NO/c1-8-2-4-12(18)14(15(8)19)16(21)11-7-20-13-5-3-9(17)6-10(11)13/h2-7,20H,1H3. The smallest absolute Gasteiger partial charge is 0.201 e. The maximum Gasteiger partial charge on any atom is 0.201 e. The van der Waals surface area contributed by atoms with Crippen molar-refractivity contribution in [2.75, 3.05) is 0 Å². The fourth-order valence-electron chi connectivity index (χ4n) is 2.28. The first-order valence-electron chi connectivity index (χ1n) is 6.25. The lowest BCUT2D eigenvalue weighted by atomic mass is 10.00. The molecule has 0 saturated heterocycles. The van der Waals surface area contributed by atoms with Crippen molar-refractivity contribution in [2.24, 2.45) is 0 Å². The highest BCUT2D eigenvalue weighted by Gasteiger charge is 2.22. The van der Waals surface area contributed by atoms with Crippen LogP contribution < -0.4 is 0 Å². The second-order valence-electron chi connectivity index (χ2n) is 4.77. The normalized spacial score (nSPS) is 11.0. The van der Waals surface area contributed by atoms with Gasteiger partial charge in [-0.25, -0.2) is 8.78 Å². The first kappa shape index (κ1) is 13.8. The number of hydrogen-bond donors (Lipinski definition) is 1. The molecule has 0 bridgehead atoms. The average molecular weight is 306 g/mol. The van der Waals surface area contributed by atoms with Gasteiger partial charge in [0.2, 0.25) is 5.78 Å². The van der Waals surface area contributed by atoms with Crippen LogP contribution in [-0.4, -0.2) is 10.8 Å². The van der Waals surface area contributed by atoms with Gasteiger partial charge in [-0.05, 0) is 36.8 Å². The minimum Gasteiger partial charge on any atom is -0.360 e. The van der Waals surface area contributed by atoms with Crippen LogP contribution in [0.1, 0.15) is 21.5 Å². The Morgan fingerprint density at radius 2 is 1.95 bits per heavy atom. The SMILES string of the molecule is Cc1ccc(F)c(C(=O)c2c[nH]c3ccc(Cl)cc23)c1F. The van der Waals surface area contributed by atoms with Gasteiger partial charge >= 0.3 is 0 Å². The average Bonchev–Trinajstić information content (AvgIpc) is 2.86. The molecular formula is C16H10ClF2NO. The summed E-state index contributed by atoms with van der Waals surface area (Å²) in [6.45, 7) is 1.48. The second-order valence-corrected chi connectivity index (χ2v) is 5.21. The number of halogens is 3. The number of benzene rings is 2. The molecule has 0 aliphatic heterocycles. The zero-order chi connectivity index (χ0) is 15.1. The molecule has 0 amide bonds. The number of aromatic amines is 1. The summed E-state index contributed by atoms with van der Waals surface area (Å²) in [5.41, 5.74) is 0.542. The largest absolute Gasteiger partial charge is 0.360 e. The quantitative estimate of drug-likeness (QED) is 0.687. The van der Waals surface area contributed by atoms with Crippen molar-refractivity contribution < 1.29 is 13.6 Å². The molecule has 1 N–H and O–H groups in total. The van der Waals surface area contributed by atoms with Gasteiger partial charge in [-0.3, -0.25) is 4.79 Å². The lowest BCUT2D eigenvalue weighted by molar-refractivity contribution is 0.103. The Kier molecular flexibility index (Phi) is 3.26. The van der Waals surface area contributed by atoms with Crippen LogP contribution in [0.25, 0.3) is 10.9 Å². The fourth-order valence-corrected chi connectivity index (χ4v) is 2.45. The summed E-state index contributed by atoms with van der Waals surface area (Å²) in [5, 5.41) is 0.981. The van der Waals surface area contributed by atoms with Gasteiger partial charge in [0.1, 0.15) is 11.6 Å². The Morgan fingerprint density at radius 3 is 2.71 bits per heavy atom. The Morgan fingerprint density at radius 1 is 1.19 bits per heavy atom. The number of hydrogen-bond acceptors (Lipinski definition) is 1. The Hall–Kier alpha value is -2.20. The van der Waals surface area contributed by atoms with E-state index in [1.165, 1.54) is 19.2 Å². The maximum atomic E-state index is 14.1. The Labute approximate surface area is 124 Å². The number of nitrogens with one attached hydrogen (secondary N) is 1. The van der Waals surface area contributed by atoms with Gasteiger partial charge in [0.15, 0.2) is 0 Å². The number of rotatable bonds is 2. The molecule has 2 nitrogen and oxygen atoms in total. The van der Waals surface area contributed by atoms with Crippen molar-refractivity contribution in [3.63, 3.8) is 0 Å². The molecule has 0 unspecified atom stereocenters. The first-order valence-corrected chi connectivity index (χ1v) is 6.63. The van der Waals surface area contributed by atoms with E-state index in [9.17, 15) is 13.6 Å².